The van der Waals surface area contributed by atoms with Gasteiger partial charge in [0.25, 0.3) is 0 Å². The average Bonchev–Trinajstić information content (AvgIpc) is 3.15. The highest BCUT2D eigenvalue weighted by Gasteiger charge is 2.15. The Hall–Kier alpha value is -2.09. The number of hydrogen-bond donors (Lipinski definition) is 0. The van der Waals surface area contributed by atoms with Crippen molar-refractivity contribution >= 4 is 6.29 Å². The third-order valence-electron chi connectivity index (χ3n) is 2.59. The molecule has 0 N–H and O–H groups in total. The van der Waals surface area contributed by atoms with Gasteiger partial charge in [0.05, 0.1) is 6.20 Å². The standard InChI is InChI=1S/C9H14N6O.C3H6O.C2H6/c1-6-5-10-14(3)8(6)9-11-13-15(12-9)7(2)16-4;1-2-3-4;1-2/h5,7H,1-4H3;3H,2H2,1H3;1-2H3. The predicted molar refractivity (Wildman–Crippen MR) is 84.2 cm³/mol. The maximum Gasteiger partial charge on any atom is 0.223 e. The van der Waals surface area contributed by atoms with Gasteiger partial charge in [0.1, 0.15) is 12.0 Å². The number of carbonyl (C=O) groups excluding carboxylic acids is 1. The van der Waals surface area contributed by atoms with Crippen molar-refractivity contribution in [2.24, 2.45) is 7.05 Å². The van der Waals surface area contributed by atoms with Crippen LogP contribution in [0.15, 0.2) is 6.20 Å². The van der Waals surface area contributed by atoms with Crippen LogP contribution in [0.1, 0.15) is 45.9 Å². The molecule has 0 aromatic carbocycles. The number of aryl methyl sites for hydroxylation is 2. The van der Waals surface area contributed by atoms with Crippen LogP contribution in [0.2, 0.25) is 0 Å². The summed E-state index contributed by atoms with van der Waals surface area (Å²) in [6.45, 7) is 9.62. The molecule has 2 heterocycles. The van der Waals surface area contributed by atoms with Gasteiger partial charge in [0, 0.05) is 20.6 Å². The fraction of sp³-hybridized carbons (Fsp3) is 0.643. The van der Waals surface area contributed by atoms with Crippen molar-refractivity contribution < 1.29 is 9.53 Å². The lowest BCUT2D eigenvalue weighted by Crippen LogP contribution is -2.10. The summed E-state index contributed by atoms with van der Waals surface area (Å²) in [5.41, 5.74) is 1.89. The molecule has 1 unspecified atom stereocenters. The Labute approximate surface area is 131 Å². The Kier molecular flexibility index (Phi) is 9.60. The van der Waals surface area contributed by atoms with Crippen LogP contribution in [0, 0.1) is 6.92 Å². The summed E-state index contributed by atoms with van der Waals surface area (Å²) in [6.07, 6.45) is 3.06. The summed E-state index contributed by atoms with van der Waals surface area (Å²) >= 11 is 0. The first kappa shape index (κ1) is 19.9. The molecular weight excluding hydrogens is 284 g/mol. The van der Waals surface area contributed by atoms with Gasteiger partial charge in [-0.1, -0.05) is 20.8 Å². The first-order chi connectivity index (χ1) is 10.5. The largest absolute Gasteiger partial charge is 0.358 e. The fourth-order valence-electron chi connectivity index (χ4n) is 1.44. The van der Waals surface area contributed by atoms with E-state index in [4.69, 9.17) is 4.74 Å². The molecule has 0 aliphatic rings. The van der Waals surface area contributed by atoms with Crippen molar-refractivity contribution in [3.05, 3.63) is 11.8 Å². The molecule has 2 aromatic rings. The maximum absolute atomic E-state index is 9.17. The molecule has 0 radical (unpaired) electrons. The smallest absolute Gasteiger partial charge is 0.223 e. The lowest BCUT2D eigenvalue weighted by atomic mass is 10.3. The number of methoxy groups -OCH3 is 1. The molecule has 0 spiro atoms. The second-order valence-corrected chi connectivity index (χ2v) is 4.14. The minimum absolute atomic E-state index is 0.227. The van der Waals surface area contributed by atoms with Gasteiger partial charge in [-0.25, -0.2) is 0 Å². The molecule has 22 heavy (non-hydrogen) atoms. The van der Waals surface area contributed by atoms with Crippen LogP contribution in [0.5, 0.6) is 0 Å². The second-order valence-electron chi connectivity index (χ2n) is 4.14. The van der Waals surface area contributed by atoms with Crippen molar-refractivity contribution in [1.29, 1.82) is 0 Å². The molecular formula is C14H26N6O2. The quantitative estimate of drug-likeness (QED) is 0.804. The zero-order chi connectivity index (χ0) is 17.1. The van der Waals surface area contributed by atoms with Crippen LogP contribution in [0.3, 0.4) is 0 Å². The van der Waals surface area contributed by atoms with Crippen LogP contribution in [-0.4, -0.2) is 43.4 Å². The SMILES string of the molecule is CC.CCC=O.COC(C)n1nnc(-c2c(C)cnn2C)n1. The van der Waals surface area contributed by atoms with Crippen molar-refractivity contribution in [2.75, 3.05) is 7.11 Å². The van der Waals surface area contributed by atoms with Gasteiger partial charge in [-0.05, 0) is 24.6 Å². The van der Waals surface area contributed by atoms with E-state index in [0.717, 1.165) is 17.5 Å². The Morgan fingerprint density at radius 1 is 1.41 bits per heavy atom. The van der Waals surface area contributed by atoms with E-state index in [1.54, 1.807) is 18.0 Å². The maximum atomic E-state index is 9.17. The fourth-order valence-corrected chi connectivity index (χ4v) is 1.44. The van der Waals surface area contributed by atoms with E-state index in [-0.39, 0.29) is 6.23 Å². The highest BCUT2D eigenvalue weighted by molar-refractivity contribution is 5.53. The van der Waals surface area contributed by atoms with E-state index < -0.39 is 0 Å². The van der Waals surface area contributed by atoms with Gasteiger partial charge in [-0.15, -0.1) is 15.0 Å². The van der Waals surface area contributed by atoms with E-state index in [0.29, 0.717) is 12.2 Å². The molecule has 0 amide bonds. The molecule has 0 bridgehead atoms. The topological polar surface area (TPSA) is 87.7 Å². The molecule has 2 aromatic heterocycles. The summed E-state index contributed by atoms with van der Waals surface area (Å²) in [5.74, 6) is 0.557. The van der Waals surface area contributed by atoms with Gasteiger partial charge in [-0.3, -0.25) is 4.68 Å². The van der Waals surface area contributed by atoms with Crippen LogP contribution >= 0.6 is 0 Å². The Bertz CT molecular complexity index is 530. The molecule has 124 valence electrons. The van der Waals surface area contributed by atoms with Crippen LogP contribution in [-0.2, 0) is 16.6 Å². The number of ether oxygens (including phenoxy) is 1. The molecule has 8 nitrogen and oxygen atoms in total. The summed E-state index contributed by atoms with van der Waals surface area (Å²) in [5, 5.41) is 16.3. The highest BCUT2D eigenvalue weighted by Crippen LogP contribution is 2.17. The van der Waals surface area contributed by atoms with Crippen LogP contribution in [0.4, 0.5) is 0 Å². The summed E-state index contributed by atoms with van der Waals surface area (Å²) in [4.78, 5) is 10.6. The molecule has 1 atom stereocenters. The normalized spacial score (nSPS) is 10.9. The predicted octanol–water partition coefficient (Wildman–Crippen LogP) is 2.17. The summed E-state index contributed by atoms with van der Waals surface area (Å²) < 4.78 is 6.83. The Morgan fingerprint density at radius 3 is 2.41 bits per heavy atom. The first-order valence-electron chi connectivity index (χ1n) is 7.30. The van der Waals surface area contributed by atoms with E-state index >= 15 is 0 Å². The highest BCUT2D eigenvalue weighted by atomic mass is 16.5. The molecule has 0 saturated carbocycles. The van der Waals surface area contributed by atoms with E-state index in [9.17, 15) is 4.79 Å². The Balaban J connectivity index is 0.000000640. The number of nitrogens with zero attached hydrogens (tertiary/aromatic N) is 6. The van der Waals surface area contributed by atoms with Crippen molar-refractivity contribution in [3.8, 4) is 11.5 Å². The van der Waals surface area contributed by atoms with E-state index in [2.05, 4.69) is 20.5 Å². The molecule has 2 rings (SSSR count). The first-order valence-corrected chi connectivity index (χ1v) is 7.30. The van der Waals surface area contributed by atoms with Gasteiger partial charge >= 0.3 is 0 Å². The minimum atomic E-state index is -0.227. The lowest BCUT2D eigenvalue weighted by Gasteiger charge is -2.05. The zero-order valence-corrected chi connectivity index (χ0v) is 14.4. The zero-order valence-electron chi connectivity index (χ0n) is 14.4. The van der Waals surface area contributed by atoms with Gasteiger partial charge < -0.3 is 9.53 Å². The van der Waals surface area contributed by atoms with Crippen molar-refractivity contribution in [3.63, 3.8) is 0 Å². The number of aldehydes is 1. The van der Waals surface area contributed by atoms with Crippen LogP contribution < -0.4 is 0 Å². The molecule has 0 fully saturated rings. The third kappa shape index (κ3) is 5.36. The molecule has 0 aliphatic carbocycles. The van der Waals surface area contributed by atoms with Crippen LogP contribution in [0.25, 0.3) is 11.5 Å². The van der Waals surface area contributed by atoms with Gasteiger partial charge in [0.15, 0.2) is 6.23 Å². The minimum Gasteiger partial charge on any atom is -0.358 e. The second kappa shape index (κ2) is 10.6. The van der Waals surface area contributed by atoms with E-state index in [1.807, 2.05) is 41.7 Å². The summed E-state index contributed by atoms with van der Waals surface area (Å²) in [6, 6.07) is 0. The third-order valence-corrected chi connectivity index (χ3v) is 2.59. The number of rotatable bonds is 4. The van der Waals surface area contributed by atoms with Gasteiger partial charge in [0.2, 0.25) is 5.82 Å². The van der Waals surface area contributed by atoms with Gasteiger partial charge in [-0.2, -0.15) is 5.10 Å². The van der Waals surface area contributed by atoms with Crippen molar-refractivity contribution in [2.45, 2.75) is 47.3 Å². The molecule has 0 aliphatic heterocycles. The molecule has 0 saturated heterocycles. The number of aromatic nitrogens is 6. The number of carbonyl (C=O) groups is 1. The lowest BCUT2D eigenvalue weighted by molar-refractivity contribution is -0.107. The summed E-state index contributed by atoms with van der Waals surface area (Å²) in [7, 11) is 3.45. The number of hydrogen-bond acceptors (Lipinski definition) is 6. The Morgan fingerprint density at radius 2 is 2.00 bits per heavy atom. The van der Waals surface area contributed by atoms with Crippen molar-refractivity contribution in [1.82, 2.24) is 30.0 Å². The monoisotopic (exact) mass is 310 g/mol. The van der Waals surface area contributed by atoms with E-state index in [1.165, 1.54) is 4.80 Å². The number of tetrazole rings is 1. The average molecular weight is 310 g/mol. The molecule has 8 heteroatoms.